The molecule has 1 heterocycles. The Morgan fingerprint density at radius 3 is 1.95 bits per heavy atom. The molecular weight excluding hydrogens is 280 g/mol. The first-order chi connectivity index (χ1) is 9.10. The molecule has 2 rings (SSSR count). The molecule has 0 amide bonds. The first kappa shape index (κ1) is 14.3. The number of alkyl halides is 4. The van der Waals surface area contributed by atoms with Crippen LogP contribution >= 0.6 is 0 Å². The van der Waals surface area contributed by atoms with Gasteiger partial charge in [0, 0.05) is 37.7 Å². The highest BCUT2D eigenvalue weighted by Gasteiger charge is 2.70. The number of anilines is 1. The molecule has 0 unspecified atom stereocenters. The Morgan fingerprint density at radius 2 is 1.60 bits per heavy atom. The summed E-state index contributed by atoms with van der Waals surface area (Å²) in [7, 11) is 3.42. The van der Waals surface area contributed by atoms with Crippen LogP contribution in [0.3, 0.4) is 0 Å². The molecule has 0 aliphatic heterocycles. The summed E-state index contributed by atoms with van der Waals surface area (Å²) in [5.41, 5.74) is -0.580. The van der Waals surface area contributed by atoms with Crippen LogP contribution in [0.1, 0.15) is 0 Å². The van der Waals surface area contributed by atoms with Crippen LogP contribution in [0.2, 0.25) is 0 Å². The molecule has 4 nitrogen and oxygen atoms in total. The Kier molecular flexibility index (Phi) is 2.99. The normalized spacial score (nSPS) is 20.4. The minimum absolute atomic E-state index is 0.651. The lowest BCUT2D eigenvalue weighted by molar-refractivity contribution is -0.582. The second-order valence-electron chi connectivity index (χ2n) is 4.51. The smallest absolute Gasteiger partial charge is 0.381 e. The average molecular weight is 290 g/mol. The molecule has 20 heavy (non-hydrogen) atoms. The molecule has 0 spiro atoms. The predicted molar refractivity (Wildman–Crippen MR) is 59.1 cm³/mol. The monoisotopic (exact) mass is 290 g/mol. The van der Waals surface area contributed by atoms with E-state index >= 15 is 0 Å². The number of carbonyl (C=O) groups is 1. The van der Waals surface area contributed by atoms with Gasteiger partial charge in [-0.3, -0.25) is 4.79 Å². The Balaban J connectivity index is 2.52. The fraction of sp³-hybridized carbons (Fsp3) is 0.333. The van der Waals surface area contributed by atoms with Crippen molar-refractivity contribution in [2.24, 2.45) is 0 Å². The zero-order valence-corrected chi connectivity index (χ0v) is 10.5. The fourth-order valence-electron chi connectivity index (χ4n) is 1.79. The van der Waals surface area contributed by atoms with E-state index in [1.807, 2.05) is 0 Å². The number of carbonyl (C=O) groups excluding carboxylic acids is 1. The second-order valence-corrected chi connectivity index (χ2v) is 4.51. The molecule has 0 saturated heterocycles. The minimum atomic E-state index is -5.01. The first-order valence-electron chi connectivity index (χ1n) is 5.52. The molecule has 0 bridgehead atoms. The number of nitrogens with zero attached hydrogens (tertiary/aromatic N) is 2. The third-order valence-electron chi connectivity index (χ3n) is 2.98. The van der Waals surface area contributed by atoms with Crippen LogP contribution in [0.4, 0.5) is 23.2 Å². The number of hydrogen-bond acceptors (Lipinski definition) is 3. The Labute approximate surface area is 111 Å². The quantitative estimate of drug-likeness (QED) is 0.586. The molecule has 0 radical (unpaired) electrons. The van der Waals surface area contributed by atoms with E-state index in [9.17, 15) is 27.5 Å². The fourth-order valence-corrected chi connectivity index (χ4v) is 1.79. The number of pyridine rings is 1. The number of hydrogen-bond donors (Lipinski definition) is 0. The van der Waals surface area contributed by atoms with Crippen molar-refractivity contribution in [3.8, 4) is 0 Å². The summed E-state index contributed by atoms with van der Waals surface area (Å²) >= 11 is 0. The molecule has 1 aromatic heterocycles. The SMILES string of the molecule is CN(C)c1cc[n+](C2=C([O-])C(F)(F)C(F)(F)C2=O)cc1. The van der Waals surface area contributed by atoms with Crippen LogP contribution in [-0.4, -0.2) is 31.7 Å². The number of allylic oxidation sites excluding steroid dienone is 2. The van der Waals surface area contributed by atoms with Crippen molar-refractivity contribution >= 4 is 17.2 Å². The number of aromatic nitrogens is 1. The maximum atomic E-state index is 13.1. The number of ketones is 1. The van der Waals surface area contributed by atoms with Crippen molar-refractivity contribution in [3.63, 3.8) is 0 Å². The van der Waals surface area contributed by atoms with Gasteiger partial charge in [-0.25, -0.2) is 0 Å². The lowest BCUT2D eigenvalue weighted by Gasteiger charge is -2.21. The van der Waals surface area contributed by atoms with E-state index in [2.05, 4.69) is 0 Å². The van der Waals surface area contributed by atoms with Gasteiger partial charge in [0.1, 0.15) is 0 Å². The maximum Gasteiger partial charge on any atom is 0.381 e. The minimum Gasteiger partial charge on any atom is -0.867 e. The van der Waals surface area contributed by atoms with Crippen LogP contribution in [0.25, 0.3) is 5.70 Å². The maximum absolute atomic E-state index is 13.1. The predicted octanol–water partition coefficient (Wildman–Crippen LogP) is 0.422. The highest BCUT2D eigenvalue weighted by Crippen LogP contribution is 2.46. The van der Waals surface area contributed by atoms with Gasteiger partial charge in [0.15, 0.2) is 12.4 Å². The van der Waals surface area contributed by atoms with E-state index < -0.39 is 29.1 Å². The topological polar surface area (TPSA) is 47.2 Å². The van der Waals surface area contributed by atoms with E-state index in [1.54, 1.807) is 19.0 Å². The summed E-state index contributed by atoms with van der Waals surface area (Å²) in [4.78, 5) is 13.0. The zero-order valence-electron chi connectivity index (χ0n) is 10.5. The van der Waals surface area contributed by atoms with Crippen LogP contribution in [0.5, 0.6) is 0 Å². The molecule has 0 aromatic carbocycles. The standard InChI is InChI=1S/C12H10F4N2O2/c1-17(2)7-3-5-18(6-4-7)8-9(19)11(13,14)12(15,16)10(8)20/h3-6H,1-2H3. The molecule has 108 valence electrons. The third-order valence-corrected chi connectivity index (χ3v) is 2.98. The Morgan fingerprint density at radius 1 is 1.10 bits per heavy atom. The van der Waals surface area contributed by atoms with Gasteiger partial charge in [-0.05, 0) is 0 Å². The van der Waals surface area contributed by atoms with E-state index in [0.717, 1.165) is 12.4 Å². The molecular formula is C12H10F4N2O2. The van der Waals surface area contributed by atoms with Crippen molar-refractivity contribution in [1.82, 2.24) is 0 Å². The van der Waals surface area contributed by atoms with Crippen molar-refractivity contribution < 1.29 is 32.0 Å². The van der Waals surface area contributed by atoms with E-state index in [-0.39, 0.29) is 0 Å². The molecule has 0 N–H and O–H groups in total. The van der Waals surface area contributed by atoms with E-state index in [1.165, 1.54) is 12.1 Å². The summed E-state index contributed by atoms with van der Waals surface area (Å²) in [6.07, 6.45) is 2.22. The summed E-state index contributed by atoms with van der Waals surface area (Å²) in [6, 6.07) is 2.81. The van der Waals surface area contributed by atoms with Crippen LogP contribution < -0.4 is 14.6 Å². The zero-order chi connectivity index (χ0) is 15.3. The molecule has 8 heteroatoms. The number of rotatable bonds is 2. The van der Waals surface area contributed by atoms with Gasteiger partial charge in [0.2, 0.25) is 0 Å². The summed E-state index contributed by atoms with van der Waals surface area (Å²) in [5.74, 6) is -14.4. The van der Waals surface area contributed by atoms with Gasteiger partial charge >= 0.3 is 17.6 Å². The van der Waals surface area contributed by atoms with Crippen molar-refractivity contribution in [1.29, 1.82) is 0 Å². The average Bonchev–Trinajstić information content (AvgIpc) is 2.49. The molecule has 1 aromatic rings. The van der Waals surface area contributed by atoms with E-state index in [0.29, 0.717) is 10.3 Å². The highest BCUT2D eigenvalue weighted by atomic mass is 19.3. The first-order valence-corrected chi connectivity index (χ1v) is 5.52. The Hall–Kier alpha value is -2.12. The number of halogens is 4. The van der Waals surface area contributed by atoms with Gasteiger partial charge in [-0.1, -0.05) is 0 Å². The summed E-state index contributed by atoms with van der Waals surface area (Å²) in [5, 5.41) is 11.4. The molecule has 1 aliphatic rings. The van der Waals surface area contributed by atoms with Gasteiger partial charge < -0.3 is 10.0 Å². The highest BCUT2D eigenvalue weighted by molar-refractivity contribution is 6.19. The molecule has 0 saturated carbocycles. The van der Waals surface area contributed by atoms with Gasteiger partial charge in [-0.15, -0.1) is 0 Å². The largest absolute Gasteiger partial charge is 0.867 e. The Bertz CT molecular complexity index is 594. The number of Topliss-reactive ketones (excluding diaryl/α,β-unsaturated/α-hetero) is 1. The molecule has 1 aliphatic carbocycles. The lowest BCUT2D eigenvalue weighted by Crippen LogP contribution is -2.45. The summed E-state index contributed by atoms with van der Waals surface area (Å²) < 4.78 is 53.3. The van der Waals surface area contributed by atoms with Gasteiger partial charge in [0.05, 0.1) is 0 Å². The van der Waals surface area contributed by atoms with Gasteiger partial charge in [-0.2, -0.15) is 22.1 Å². The van der Waals surface area contributed by atoms with Crippen LogP contribution in [-0.2, 0) is 4.79 Å². The van der Waals surface area contributed by atoms with Gasteiger partial charge in [0.25, 0.3) is 5.70 Å². The molecule has 0 atom stereocenters. The lowest BCUT2D eigenvalue weighted by atomic mass is 10.2. The third kappa shape index (κ3) is 1.75. The van der Waals surface area contributed by atoms with E-state index in [4.69, 9.17) is 0 Å². The second kappa shape index (κ2) is 4.19. The van der Waals surface area contributed by atoms with Crippen LogP contribution in [0.15, 0.2) is 30.3 Å². The van der Waals surface area contributed by atoms with Crippen molar-refractivity contribution in [2.45, 2.75) is 11.8 Å². The van der Waals surface area contributed by atoms with Crippen molar-refractivity contribution in [2.75, 3.05) is 19.0 Å². The van der Waals surface area contributed by atoms with Crippen LogP contribution in [0, 0.1) is 0 Å². The molecule has 0 fully saturated rings. The summed E-state index contributed by atoms with van der Waals surface area (Å²) in [6.45, 7) is 0. The van der Waals surface area contributed by atoms with Crippen molar-refractivity contribution in [3.05, 3.63) is 30.3 Å².